The van der Waals surface area contributed by atoms with Crippen LogP contribution in [0.3, 0.4) is 0 Å². The van der Waals surface area contributed by atoms with E-state index in [4.69, 9.17) is 22.1 Å². The normalized spacial score (nSPS) is 21.3. The molecular formula is C24H17BrClF2N3O4. The van der Waals surface area contributed by atoms with Crippen LogP contribution in [0, 0.1) is 11.6 Å². The van der Waals surface area contributed by atoms with Crippen LogP contribution < -0.4 is 16.0 Å². The molecule has 1 atom stereocenters. The van der Waals surface area contributed by atoms with E-state index in [2.05, 4.69) is 21.2 Å². The number of hydrogen-bond acceptors (Lipinski definition) is 6. The van der Waals surface area contributed by atoms with E-state index in [0.29, 0.717) is 18.2 Å². The van der Waals surface area contributed by atoms with Crippen LogP contribution in [0.15, 0.2) is 57.5 Å². The molecule has 2 aromatic rings. The lowest BCUT2D eigenvalue weighted by molar-refractivity contribution is -0.138. The van der Waals surface area contributed by atoms with Gasteiger partial charge in [0, 0.05) is 44.5 Å². The van der Waals surface area contributed by atoms with Crippen molar-refractivity contribution in [3.05, 3.63) is 79.7 Å². The molecular weight excluding hydrogens is 548 g/mol. The second-order valence-electron chi connectivity index (χ2n) is 8.30. The molecule has 7 nitrogen and oxygen atoms in total. The molecule has 1 amide bonds. The van der Waals surface area contributed by atoms with Crippen molar-refractivity contribution in [1.29, 1.82) is 0 Å². The molecule has 35 heavy (non-hydrogen) atoms. The summed E-state index contributed by atoms with van der Waals surface area (Å²) in [7, 11) is 1.10. The van der Waals surface area contributed by atoms with Gasteiger partial charge in [0.2, 0.25) is 5.91 Å². The monoisotopic (exact) mass is 563 g/mol. The van der Waals surface area contributed by atoms with Crippen LogP contribution in [0.4, 0.5) is 20.2 Å². The number of nitrogens with one attached hydrogen (secondary N) is 1. The lowest BCUT2D eigenvalue weighted by atomic mass is 9.63. The minimum atomic E-state index is -1.95. The van der Waals surface area contributed by atoms with Crippen molar-refractivity contribution in [2.75, 3.05) is 17.3 Å². The molecule has 0 aromatic heterocycles. The maximum absolute atomic E-state index is 15.2. The smallest absolute Gasteiger partial charge is 0.339 e. The predicted molar refractivity (Wildman–Crippen MR) is 127 cm³/mol. The molecule has 0 bridgehead atoms. The highest BCUT2D eigenvalue weighted by Gasteiger charge is 2.62. The van der Waals surface area contributed by atoms with Crippen molar-refractivity contribution < 1.29 is 27.9 Å². The number of benzene rings is 2. The van der Waals surface area contributed by atoms with E-state index in [9.17, 15) is 18.8 Å². The van der Waals surface area contributed by atoms with E-state index in [1.807, 2.05) is 0 Å². The fourth-order valence-corrected chi connectivity index (χ4v) is 5.94. The molecule has 1 unspecified atom stereocenters. The summed E-state index contributed by atoms with van der Waals surface area (Å²) in [4.78, 5) is 41.7. The number of hydrogen-bond donors (Lipinski definition) is 2. The third-order valence-electron chi connectivity index (χ3n) is 6.47. The molecule has 1 aliphatic carbocycles. The van der Waals surface area contributed by atoms with Crippen LogP contribution in [-0.4, -0.2) is 24.8 Å². The van der Waals surface area contributed by atoms with Gasteiger partial charge in [0.1, 0.15) is 22.6 Å². The Bertz CT molecular complexity index is 1400. The number of halogens is 4. The SMILES string of the molecule is COC(=O)C1=C(N)N(c2c(F)cc(F)cc2Br)C2=C(C(=O)CCC2)C12C(=O)Nc1ccc(Cl)cc12. The quantitative estimate of drug-likeness (QED) is 0.523. The van der Waals surface area contributed by atoms with Gasteiger partial charge in [-0.05, 0) is 53.0 Å². The largest absolute Gasteiger partial charge is 0.466 e. The molecule has 3 N–H and O–H groups in total. The first-order valence-corrected chi connectivity index (χ1v) is 11.7. The molecule has 1 spiro atoms. The van der Waals surface area contributed by atoms with Gasteiger partial charge in [0.05, 0.1) is 12.8 Å². The first-order chi connectivity index (χ1) is 16.6. The number of ether oxygens (including phenoxy) is 1. The molecule has 0 radical (unpaired) electrons. The minimum absolute atomic E-state index is 0.00214. The van der Waals surface area contributed by atoms with Gasteiger partial charge in [0.25, 0.3) is 0 Å². The molecule has 0 saturated heterocycles. The van der Waals surface area contributed by atoms with Crippen LogP contribution in [0.25, 0.3) is 0 Å². The summed E-state index contributed by atoms with van der Waals surface area (Å²) in [5, 5.41) is 2.99. The highest BCUT2D eigenvalue weighted by Crippen LogP contribution is 2.56. The molecule has 5 rings (SSSR count). The standard InChI is InChI=1S/C24H17BrClF2N3O4/c1-35-22(33)19-21(29)31(20-13(25)8-11(27)9-14(20)28)16-3-2-4-17(32)18(16)24(19)12-7-10(26)5-6-15(12)30-23(24)34/h5-9H,2-4,29H2,1H3,(H,30,34). The summed E-state index contributed by atoms with van der Waals surface area (Å²) in [6.45, 7) is 0. The highest BCUT2D eigenvalue weighted by atomic mass is 79.9. The van der Waals surface area contributed by atoms with Crippen molar-refractivity contribution in [1.82, 2.24) is 0 Å². The van der Waals surface area contributed by atoms with Crippen molar-refractivity contribution in [3.63, 3.8) is 0 Å². The van der Waals surface area contributed by atoms with Gasteiger partial charge in [-0.15, -0.1) is 0 Å². The maximum atomic E-state index is 15.2. The zero-order valence-electron chi connectivity index (χ0n) is 18.2. The van der Waals surface area contributed by atoms with E-state index in [1.54, 1.807) is 12.1 Å². The van der Waals surface area contributed by atoms with Gasteiger partial charge in [-0.3, -0.25) is 14.5 Å². The van der Waals surface area contributed by atoms with Crippen molar-refractivity contribution in [3.8, 4) is 0 Å². The Morgan fingerprint density at radius 1 is 1.23 bits per heavy atom. The van der Waals surface area contributed by atoms with Gasteiger partial charge >= 0.3 is 5.97 Å². The fourth-order valence-electron chi connectivity index (χ4n) is 5.18. The lowest BCUT2D eigenvalue weighted by Gasteiger charge is -2.44. The van der Waals surface area contributed by atoms with E-state index in [0.717, 1.165) is 13.2 Å². The van der Waals surface area contributed by atoms with E-state index >= 15 is 4.39 Å². The summed E-state index contributed by atoms with van der Waals surface area (Å²) in [5.41, 5.74) is 4.85. The molecule has 2 aliphatic heterocycles. The van der Waals surface area contributed by atoms with Gasteiger partial charge in [-0.1, -0.05) is 11.6 Å². The number of esters is 1. The zero-order valence-corrected chi connectivity index (χ0v) is 20.5. The van der Waals surface area contributed by atoms with Crippen LogP contribution >= 0.6 is 27.5 Å². The van der Waals surface area contributed by atoms with E-state index in [1.165, 1.54) is 11.0 Å². The third-order valence-corrected chi connectivity index (χ3v) is 7.31. The third kappa shape index (κ3) is 3.16. The van der Waals surface area contributed by atoms with E-state index < -0.39 is 34.7 Å². The van der Waals surface area contributed by atoms with Gasteiger partial charge in [-0.2, -0.15) is 0 Å². The summed E-state index contributed by atoms with van der Waals surface area (Å²) in [6.07, 6.45) is 0.735. The maximum Gasteiger partial charge on any atom is 0.339 e. The first kappa shape index (κ1) is 23.5. The van der Waals surface area contributed by atoms with Crippen LogP contribution in [0.5, 0.6) is 0 Å². The molecule has 11 heteroatoms. The number of carbonyl (C=O) groups excluding carboxylic acids is 3. The van der Waals surface area contributed by atoms with Crippen molar-refractivity contribution in [2.45, 2.75) is 24.7 Å². The van der Waals surface area contributed by atoms with Gasteiger partial charge in [-0.25, -0.2) is 13.6 Å². The van der Waals surface area contributed by atoms with Gasteiger partial charge < -0.3 is 15.8 Å². The van der Waals surface area contributed by atoms with Crippen molar-refractivity contribution >= 4 is 56.6 Å². The lowest BCUT2D eigenvalue weighted by Crippen LogP contribution is -2.53. The average molecular weight is 565 g/mol. The summed E-state index contributed by atoms with van der Waals surface area (Å²) < 4.78 is 34.1. The molecule has 3 aliphatic rings. The Kier molecular flexibility index (Phi) is 5.48. The Morgan fingerprint density at radius 2 is 1.97 bits per heavy atom. The summed E-state index contributed by atoms with van der Waals surface area (Å²) in [5.74, 6) is -4.22. The van der Waals surface area contributed by atoms with Crippen LogP contribution in [0.2, 0.25) is 5.02 Å². The second kappa shape index (κ2) is 8.17. The molecule has 0 saturated carbocycles. The number of anilines is 2. The fraction of sp³-hybridized carbons (Fsp3) is 0.208. The highest BCUT2D eigenvalue weighted by molar-refractivity contribution is 9.10. The number of nitrogens with two attached hydrogens (primary N) is 1. The second-order valence-corrected chi connectivity index (χ2v) is 9.59. The number of amides is 1. The Labute approximate surface area is 211 Å². The average Bonchev–Trinajstić information content (AvgIpc) is 3.06. The van der Waals surface area contributed by atoms with Crippen LogP contribution in [-0.2, 0) is 24.5 Å². The predicted octanol–water partition coefficient (Wildman–Crippen LogP) is 4.44. The van der Waals surface area contributed by atoms with Crippen molar-refractivity contribution in [2.24, 2.45) is 5.73 Å². The number of nitrogens with zero attached hydrogens (tertiary/aromatic N) is 1. The number of methoxy groups -OCH3 is 1. The number of ketones is 1. The van der Waals surface area contributed by atoms with E-state index in [-0.39, 0.29) is 56.3 Å². The number of carbonyl (C=O) groups is 3. The topological polar surface area (TPSA) is 102 Å². The van der Waals surface area contributed by atoms with Crippen LogP contribution in [0.1, 0.15) is 24.8 Å². The summed E-state index contributed by atoms with van der Waals surface area (Å²) in [6, 6.07) is 6.31. The Morgan fingerprint density at radius 3 is 2.66 bits per heavy atom. The van der Waals surface area contributed by atoms with Gasteiger partial charge in [0.15, 0.2) is 11.6 Å². The Hall–Kier alpha value is -3.24. The summed E-state index contributed by atoms with van der Waals surface area (Å²) >= 11 is 9.43. The number of allylic oxidation sites excluding steroid dienone is 1. The number of Topliss-reactive ketones (excluding diaryl/α,β-unsaturated/α-hetero) is 1. The Balaban J connectivity index is 1.95. The zero-order chi connectivity index (χ0) is 25.2. The molecule has 0 fully saturated rings. The first-order valence-electron chi connectivity index (χ1n) is 10.5. The molecule has 2 heterocycles. The minimum Gasteiger partial charge on any atom is -0.466 e. The molecule has 180 valence electrons. The number of fused-ring (bicyclic) bond motifs is 3. The molecule has 2 aromatic carbocycles. The number of rotatable bonds is 2.